The zero-order valence-electron chi connectivity index (χ0n) is 14.3. The Morgan fingerprint density at radius 2 is 1.46 bits per heavy atom. The van der Waals surface area contributed by atoms with Crippen LogP contribution in [-0.2, 0) is 0 Å². The van der Waals surface area contributed by atoms with Crippen LogP contribution in [0, 0.1) is 17.0 Å². The van der Waals surface area contributed by atoms with Crippen LogP contribution < -0.4 is 5.32 Å². The number of non-ortho nitro benzene ring substituents is 1. The van der Waals surface area contributed by atoms with Gasteiger partial charge in [0, 0.05) is 17.7 Å². The zero-order valence-corrected chi connectivity index (χ0v) is 14.3. The van der Waals surface area contributed by atoms with Crippen molar-refractivity contribution in [3.8, 4) is 0 Å². The predicted octanol–water partition coefficient (Wildman–Crippen LogP) is 4.42. The average Bonchev–Trinajstić information content (AvgIpc) is 2.67. The van der Waals surface area contributed by atoms with E-state index in [1.165, 1.54) is 24.3 Å². The van der Waals surface area contributed by atoms with E-state index in [0.717, 1.165) is 16.7 Å². The van der Waals surface area contributed by atoms with Crippen LogP contribution in [-0.4, -0.2) is 10.8 Å². The summed E-state index contributed by atoms with van der Waals surface area (Å²) in [5, 5.41) is 13.8. The number of nitro benzene ring substituents is 1. The molecule has 0 aliphatic carbocycles. The molecule has 0 unspecified atom stereocenters. The van der Waals surface area contributed by atoms with Gasteiger partial charge in [-0.25, -0.2) is 0 Å². The van der Waals surface area contributed by atoms with Gasteiger partial charge in [0.25, 0.3) is 11.6 Å². The average molecular weight is 346 g/mol. The maximum absolute atomic E-state index is 12.7. The second-order valence-corrected chi connectivity index (χ2v) is 6.03. The first-order valence-electron chi connectivity index (χ1n) is 8.21. The minimum absolute atomic E-state index is 0.0420. The first-order valence-corrected chi connectivity index (χ1v) is 8.21. The minimum atomic E-state index is -0.485. The van der Waals surface area contributed by atoms with E-state index in [9.17, 15) is 14.9 Å². The van der Waals surface area contributed by atoms with E-state index in [1.807, 2.05) is 61.5 Å². The molecule has 3 rings (SSSR count). The standard InChI is InChI=1S/C21H18N2O3/c1-15-7-9-17(10-8-15)20(16-5-3-2-4-6-16)22-21(24)18-11-13-19(14-12-18)23(25)26/h2-14,20H,1H3,(H,22,24)/t20-/m0/s1. The van der Waals surface area contributed by atoms with Crippen molar-refractivity contribution in [1.82, 2.24) is 5.32 Å². The smallest absolute Gasteiger partial charge is 0.269 e. The number of hydrogen-bond donors (Lipinski definition) is 1. The highest BCUT2D eigenvalue weighted by atomic mass is 16.6. The monoisotopic (exact) mass is 346 g/mol. The van der Waals surface area contributed by atoms with Gasteiger partial charge in [-0.2, -0.15) is 0 Å². The third-order valence-corrected chi connectivity index (χ3v) is 4.16. The van der Waals surface area contributed by atoms with Crippen molar-refractivity contribution in [3.63, 3.8) is 0 Å². The maximum atomic E-state index is 12.7. The lowest BCUT2D eigenvalue weighted by Gasteiger charge is -2.20. The molecule has 26 heavy (non-hydrogen) atoms. The summed E-state index contributed by atoms with van der Waals surface area (Å²) in [6.45, 7) is 2.01. The molecule has 0 aliphatic rings. The fourth-order valence-electron chi connectivity index (χ4n) is 2.71. The fraction of sp³-hybridized carbons (Fsp3) is 0.0952. The number of nitrogens with zero attached hydrogens (tertiary/aromatic N) is 1. The number of nitro groups is 1. The van der Waals surface area contributed by atoms with E-state index in [-0.39, 0.29) is 17.6 Å². The van der Waals surface area contributed by atoms with Gasteiger partial charge < -0.3 is 5.32 Å². The van der Waals surface area contributed by atoms with Gasteiger partial charge in [0.1, 0.15) is 0 Å². The Bertz CT molecular complexity index is 904. The van der Waals surface area contributed by atoms with Crippen LogP contribution in [0.2, 0.25) is 0 Å². The van der Waals surface area contributed by atoms with Crippen molar-refractivity contribution < 1.29 is 9.72 Å². The molecular weight excluding hydrogens is 328 g/mol. The Morgan fingerprint density at radius 1 is 0.885 bits per heavy atom. The SMILES string of the molecule is Cc1ccc([C@@H](NC(=O)c2ccc([N+](=O)[O-])cc2)c2ccccc2)cc1. The Balaban J connectivity index is 1.89. The lowest BCUT2D eigenvalue weighted by Crippen LogP contribution is -2.29. The van der Waals surface area contributed by atoms with Crippen molar-refractivity contribution in [1.29, 1.82) is 0 Å². The van der Waals surface area contributed by atoms with Crippen molar-refractivity contribution >= 4 is 11.6 Å². The quantitative estimate of drug-likeness (QED) is 0.549. The summed E-state index contributed by atoms with van der Waals surface area (Å²) in [5.74, 6) is -0.283. The van der Waals surface area contributed by atoms with Gasteiger partial charge in [0.15, 0.2) is 0 Å². The molecule has 0 radical (unpaired) electrons. The Hall–Kier alpha value is -3.47. The molecule has 0 bridgehead atoms. The number of rotatable bonds is 5. The van der Waals surface area contributed by atoms with Crippen LogP contribution in [0.3, 0.4) is 0 Å². The summed E-state index contributed by atoms with van der Waals surface area (Å²) in [6.07, 6.45) is 0. The summed E-state index contributed by atoms with van der Waals surface area (Å²) in [6, 6.07) is 23.0. The first kappa shape index (κ1) is 17.4. The van der Waals surface area contributed by atoms with Gasteiger partial charge in [-0.15, -0.1) is 0 Å². The summed E-state index contributed by atoms with van der Waals surface area (Å²) in [5.41, 5.74) is 3.41. The Morgan fingerprint density at radius 3 is 2.04 bits per heavy atom. The topological polar surface area (TPSA) is 72.2 Å². The number of amides is 1. The van der Waals surface area contributed by atoms with E-state index < -0.39 is 4.92 Å². The lowest BCUT2D eigenvalue weighted by atomic mass is 9.97. The largest absolute Gasteiger partial charge is 0.341 e. The van der Waals surface area contributed by atoms with E-state index in [4.69, 9.17) is 0 Å². The van der Waals surface area contributed by atoms with Crippen LogP contribution in [0.5, 0.6) is 0 Å². The molecule has 0 aliphatic heterocycles. The number of benzene rings is 3. The number of nitrogens with one attached hydrogen (secondary N) is 1. The van der Waals surface area contributed by atoms with E-state index in [1.54, 1.807) is 0 Å². The minimum Gasteiger partial charge on any atom is -0.341 e. The van der Waals surface area contributed by atoms with Gasteiger partial charge >= 0.3 is 0 Å². The van der Waals surface area contributed by atoms with Crippen molar-refractivity contribution in [2.75, 3.05) is 0 Å². The van der Waals surface area contributed by atoms with E-state index in [0.29, 0.717) is 5.56 Å². The summed E-state index contributed by atoms with van der Waals surface area (Å²) in [7, 11) is 0. The molecule has 0 spiro atoms. The van der Waals surface area contributed by atoms with Crippen molar-refractivity contribution in [2.24, 2.45) is 0 Å². The molecular formula is C21H18N2O3. The first-order chi connectivity index (χ1) is 12.5. The fourth-order valence-corrected chi connectivity index (χ4v) is 2.71. The molecule has 1 atom stereocenters. The molecule has 3 aromatic rings. The van der Waals surface area contributed by atoms with Crippen LogP contribution in [0.25, 0.3) is 0 Å². The maximum Gasteiger partial charge on any atom is 0.269 e. The lowest BCUT2D eigenvalue weighted by molar-refractivity contribution is -0.384. The molecule has 1 amide bonds. The summed E-state index contributed by atoms with van der Waals surface area (Å²) in [4.78, 5) is 22.9. The molecule has 3 aromatic carbocycles. The highest BCUT2D eigenvalue weighted by Crippen LogP contribution is 2.23. The van der Waals surface area contributed by atoms with Crippen LogP contribution in [0.4, 0.5) is 5.69 Å². The van der Waals surface area contributed by atoms with E-state index in [2.05, 4.69) is 5.32 Å². The Kier molecular flexibility index (Phi) is 5.08. The third-order valence-electron chi connectivity index (χ3n) is 4.16. The molecule has 5 nitrogen and oxygen atoms in total. The molecule has 130 valence electrons. The third kappa shape index (κ3) is 3.95. The summed E-state index contributed by atoms with van der Waals surface area (Å²) < 4.78 is 0. The zero-order chi connectivity index (χ0) is 18.5. The molecule has 0 saturated carbocycles. The predicted molar refractivity (Wildman–Crippen MR) is 100 cm³/mol. The molecule has 0 saturated heterocycles. The van der Waals surface area contributed by atoms with Gasteiger partial charge in [-0.3, -0.25) is 14.9 Å². The number of hydrogen-bond acceptors (Lipinski definition) is 3. The Labute approximate surface area is 151 Å². The molecule has 0 fully saturated rings. The van der Waals surface area contributed by atoms with Gasteiger partial charge in [-0.05, 0) is 30.2 Å². The highest BCUT2D eigenvalue weighted by Gasteiger charge is 2.18. The second kappa shape index (κ2) is 7.61. The van der Waals surface area contributed by atoms with E-state index >= 15 is 0 Å². The van der Waals surface area contributed by atoms with Gasteiger partial charge in [0.2, 0.25) is 0 Å². The summed E-state index contributed by atoms with van der Waals surface area (Å²) >= 11 is 0. The number of aryl methyl sites for hydroxylation is 1. The van der Waals surface area contributed by atoms with Gasteiger partial charge in [0.05, 0.1) is 11.0 Å². The molecule has 1 N–H and O–H groups in total. The highest BCUT2D eigenvalue weighted by molar-refractivity contribution is 5.94. The second-order valence-electron chi connectivity index (χ2n) is 6.03. The number of carbonyl (C=O) groups excluding carboxylic acids is 1. The molecule has 5 heteroatoms. The van der Waals surface area contributed by atoms with Crippen LogP contribution >= 0.6 is 0 Å². The molecule has 0 heterocycles. The molecule has 0 aromatic heterocycles. The van der Waals surface area contributed by atoms with Crippen LogP contribution in [0.1, 0.15) is 33.1 Å². The van der Waals surface area contributed by atoms with Crippen LogP contribution in [0.15, 0.2) is 78.9 Å². The van der Waals surface area contributed by atoms with Crippen molar-refractivity contribution in [2.45, 2.75) is 13.0 Å². The van der Waals surface area contributed by atoms with Crippen molar-refractivity contribution in [3.05, 3.63) is 111 Å². The normalized spacial score (nSPS) is 11.6. The number of carbonyl (C=O) groups is 1. The van der Waals surface area contributed by atoms with Gasteiger partial charge in [-0.1, -0.05) is 60.2 Å².